The SMILES string of the molecule is CCCCCCCCCCCCCCC(C)(O)ON. The Hall–Kier alpha value is -0.120. The number of hydrogen-bond acceptors (Lipinski definition) is 3. The molecule has 19 heavy (non-hydrogen) atoms. The molecule has 3 N–H and O–H groups in total. The summed E-state index contributed by atoms with van der Waals surface area (Å²) in [5.41, 5.74) is 0. The molecule has 0 rings (SSSR count). The third kappa shape index (κ3) is 14.1. The van der Waals surface area contributed by atoms with Crippen molar-refractivity contribution < 1.29 is 9.94 Å². The summed E-state index contributed by atoms with van der Waals surface area (Å²) < 4.78 is 0. The van der Waals surface area contributed by atoms with Gasteiger partial charge < -0.3 is 5.11 Å². The lowest BCUT2D eigenvalue weighted by Gasteiger charge is -2.19. The molecule has 0 bridgehead atoms. The van der Waals surface area contributed by atoms with Crippen LogP contribution in [0.4, 0.5) is 0 Å². The fraction of sp³-hybridized carbons (Fsp3) is 1.00. The molecule has 0 fully saturated rings. The van der Waals surface area contributed by atoms with Crippen LogP contribution in [0.3, 0.4) is 0 Å². The van der Waals surface area contributed by atoms with E-state index in [9.17, 15) is 5.11 Å². The number of nitrogens with two attached hydrogens (primary N) is 1. The average molecular weight is 273 g/mol. The molecule has 0 aromatic rings. The summed E-state index contributed by atoms with van der Waals surface area (Å²) in [6.45, 7) is 3.88. The Morgan fingerprint density at radius 2 is 1.16 bits per heavy atom. The second-order valence-electron chi connectivity index (χ2n) is 5.93. The zero-order valence-corrected chi connectivity index (χ0v) is 13.1. The number of unbranched alkanes of at least 4 members (excludes halogenated alkanes) is 11. The minimum Gasteiger partial charge on any atom is -0.364 e. The molecular weight excluding hydrogens is 238 g/mol. The van der Waals surface area contributed by atoms with E-state index in [-0.39, 0.29) is 0 Å². The summed E-state index contributed by atoms with van der Waals surface area (Å²) in [5.74, 6) is 3.86. The molecule has 1 unspecified atom stereocenters. The predicted octanol–water partition coefficient (Wildman–Crippen LogP) is 4.68. The van der Waals surface area contributed by atoms with Crippen LogP contribution < -0.4 is 5.90 Å². The number of hydrogen-bond donors (Lipinski definition) is 2. The predicted molar refractivity (Wildman–Crippen MR) is 81.6 cm³/mol. The zero-order valence-electron chi connectivity index (χ0n) is 13.1. The van der Waals surface area contributed by atoms with E-state index in [1.165, 1.54) is 64.2 Å². The van der Waals surface area contributed by atoms with Crippen molar-refractivity contribution in [3.05, 3.63) is 0 Å². The van der Waals surface area contributed by atoms with Gasteiger partial charge in [-0.1, -0.05) is 77.6 Å². The van der Waals surface area contributed by atoms with Crippen LogP contribution in [-0.2, 0) is 4.84 Å². The number of rotatable bonds is 14. The first kappa shape index (κ1) is 18.9. The van der Waals surface area contributed by atoms with Crippen LogP contribution in [-0.4, -0.2) is 10.9 Å². The fourth-order valence-corrected chi connectivity index (χ4v) is 2.35. The molecule has 3 nitrogen and oxygen atoms in total. The van der Waals surface area contributed by atoms with Gasteiger partial charge in [0, 0.05) is 6.42 Å². The maximum absolute atomic E-state index is 9.54. The molecule has 116 valence electrons. The fourth-order valence-electron chi connectivity index (χ4n) is 2.35. The molecule has 0 amide bonds. The van der Waals surface area contributed by atoms with Crippen LogP contribution in [0.1, 0.15) is 97.3 Å². The highest BCUT2D eigenvalue weighted by Crippen LogP contribution is 2.16. The molecule has 0 saturated carbocycles. The molecule has 0 spiro atoms. The maximum Gasteiger partial charge on any atom is 0.181 e. The first-order valence-electron chi connectivity index (χ1n) is 8.22. The van der Waals surface area contributed by atoms with Gasteiger partial charge in [0.1, 0.15) is 0 Å². The summed E-state index contributed by atoms with van der Waals surface area (Å²) >= 11 is 0. The second-order valence-corrected chi connectivity index (χ2v) is 5.93. The highest BCUT2D eigenvalue weighted by Gasteiger charge is 2.18. The Labute approximate surface area is 119 Å². The van der Waals surface area contributed by atoms with Crippen molar-refractivity contribution in [3.63, 3.8) is 0 Å². The smallest absolute Gasteiger partial charge is 0.181 e. The van der Waals surface area contributed by atoms with Crippen LogP contribution in [0.25, 0.3) is 0 Å². The number of aliphatic hydroxyl groups is 1. The standard InChI is InChI=1S/C16H35NO2/c1-3-4-5-6-7-8-9-10-11-12-13-14-15-16(2,18)19-17/h18H,3-15,17H2,1-2H3. The Morgan fingerprint density at radius 1 is 0.789 bits per heavy atom. The lowest BCUT2D eigenvalue weighted by Crippen LogP contribution is -2.31. The molecule has 0 radical (unpaired) electrons. The van der Waals surface area contributed by atoms with Gasteiger partial charge in [-0.25, -0.2) is 5.90 Å². The zero-order chi connectivity index (χ0) is 14.4. The van der Waals surface area contributed by atoms with Crippen molar-refractivity contribution in [1.29, 1.82) is 0 Å². The van der Waals surface area contributed by atoms with E-state index >= 15 is 0 Å². The summed E-state index contributed by atoms with van der Waals surface area (Å²) in [4.78, 5) is 4.49. The van der Waals surface area contributed by atoms with E-state index in [0.717, 1.165) is 12.8 Å². The highest BCUT2D eigenvalue weighted by molar-refractivity contribution is 4.58. The van der Waals surface area contributed by atoms with Crippen molar-refractivity contribution in [1.82, 2.24) is 0 Å². The van der Waals surface area contributed by atoms with Crippen molar-refractivity contribution in [2.45, 2.75) is 103 Å². The van der Waals surface area contributed by atoms with Crippen LogP contribution >= 0.6 is 0 Å². The van der Waals surface area contributed by atoms with Gasteiger partial charge in [0.05, 0.1) is 0 Å². The summed E-state index contributed by atoms with van der Waals surface area (Å²) in [5, 5.41) is 9.54. The normalized spacial score (nSPS) is 14.5. The first-order valence-corrected chi connectivity index (χ1v) is 8.22. The molecule has 1 atom stereocenters. The van der Waals surface area contributed by atoms with Crippen molar-refractivity contribution in [2.75, 3.05) is 0 Å². The monoisotopic (exact) mass is 273 g/mol. The quantitative estimate of drug-likeness (QED) is 0.274. The Balaban J connectivity index is 3.07. The molecule has 0 saturated heterocycles. The maximum atomic E-state index is 9.54. The molecule has 0 aromatic heterocycles. The third-order valence-electron chi connectivity index (χ3n) is 3.75. The lowest BCUT2D eigenvalue weighted by atomic mass is 10.0. The van der Waals surface area contributed by atoms with Crippen LogP contribution in [0.15, 0.2) is 0 Å². The van der Waals surface area contributed by atoms with Gasteiger partial charge in [-0.05, 0) is 13.3 Å². The Bertz CT molecular complexity index is 184. The Kier molecular flexibility index (Phi) is 12.8. The lowest BCUT2D eigenvalue weighted by molar-refractivity contribution is -0.198. The van der Waals surface area contributed by atoms with Crippen molar-refractivity contribution in [3.8, 4) is 0 Å². The van der Waals surface area contributed by atoms with E-state index in [0.29, 0.717) is 6.42 Å². The van der Waals surface area contributed by atoms with E-state index in [1.807, 2.05) is 0 Å². The average Bonchev–Trinajstić information content (AvgIpc) is 2.40. The van der Waals surface area contributed by atoms with Crippen molar-refractivity contribution in [2.24, 2.45) is 5.90 Å². The molecule has 0 aliphatic rings. The van der Waals surface area contributed by atoms with Gasteiger partial charge in [-0.15, -0.1) is 0 Å². The highest BCUT2D eigenvalue weighted by atomic mass is 16.7. The largest absolute Gasteiger partial charge is 0.364 e. The summed E-state index contributed by atoms with van der Waals surface area (Å²) in [7, 11) is 0. The van der Waals surface area contributed by atoms with Crippen LogP contribution in [0.5, 0.6) is 0 Å². The van der Waals surface area contributed by atoms with Gasteiger partial charge in [-0.2, -0.15) is 0 Å². The molecule has 3 heteroatoms. The van der Waals surface area contributed by atoms with E-state index in [2.05, 4.69) is 11.8 Å². The van der Waals surface area contributed by atoms with Gasteiger partial charge in [0.2, 0.25) is 0 Å². The van der Waals surface area contributed by atoms with Gasteiger partial charge in [0.25, 0.3) is 0 Å². The van der Waals surface area contributed by atoms with Crippen LogP contribution in [0, 0.1) is 0 Å². The van der Waals surface area contributed by atoms with Crippen LogP contribution in [0.2, 0.25) is 0 Å². The van der Waals surface area contributed by atoms with Gasteiger partial charge in [-0.3, -0.25) is 4.84 Å². The minimum absolute atomic E-state index is 0.626. The molecule has 0 aliphatic heterocycles. The van der Waals surface area contributed by atoms with E-state index in [1.54, 1.807) is 6.92 Å². The first-order chi connectivity index (χ1) is 9.12. The molecule has 0 aromatic carbocycles. The van der Waals surface area contributed by atoms with E-state index < -0.39 is 5.79 Å². The Morgan fingerprint density at radius 3 is 1.53 bits per heavy atom. The summed E-state index contributed by atoms with van der Waals surface area (Å²) in [6.07, 6.45) is 16.5. The minimum atomic E-state index is -1.14. The second kappa shape index (κ2) is 12.9. The van der Waals surface area contributed by atoms with Crippen molar-refractivity contribution >= 4 is 0 Å². The van der Waals surface area contributed by atoms with Gasteiger partial charge >= 0.3 is 0 Å². The van der Waals surface area contributed by atoms with E-state index in [4.69, 9.17) is 5.90 Å². The third-order valence-corrected chi connectivity index (χ3v) is 3.75. The summed E-state index contributed by atoms with van der Waals surface area (Å²) in [6, 6.07) is 0. The topological polar surface area (TPSA) is 55.5 Å². The van der Waals surface area contributed by atoms with Gasteiger partial charge in [0.15, 0.2) is 5.79 Å². The molecule has 0 aliphatic carbocycles. The molecular formula is C16H35NO2. The molecule has 0 heterocycles.